The predicted molar refractivity (Wildman–Crippen MR) is 85.4 cm³/mol. The third-order valence-electron chi connectivity index (χ3n) is 3.81. The molecule has 1 heterocycles. The topological polar surface area (TPSA) is 56.1 Å². The van der Waals surface area contributed by atoms with E-state index in [-0.39, 0.29) is 12.0 Å². The number of aromatic nitrogens is 2. The molecule has 22 heavy (non-hydrogen) atoms. The van der Waals surface area contributed by atoms with Gasteiger partial charge in [-0.2, -0.15) is 5.10 Å². The van der Waals surface area contributed by atoms with Crippen molar-refractivity contribution in [2.75, 3.05) is 5.32 Å². The Hall–Kier alpha value is -2.30. The van der Waals surface area contributed by atoms with E-state index in [4.69, 9.17) is 4.74 Å². The predicted octanol–water partition coefficient (Wildman–Crippen LogP) is 2.95. The van der Waals surface area contributed by atoms with Crippen LogP contribution < -0.4 is 10.1 Å². The second-order valence-corrected chi connectivity index (χ2v) is 5.90. The van der Waals surface area contributed by atoms with Crippen LogP contribution >= 0.6 is 0 Å². The highest BCUT2D eigenvalue weighted by Gasteiger charge is 2.25. The van der Waals surface area contributed by atoms with Crippen molar-refractivity contribution in [3.8, 4) is 5.75 Å². The van der Waals surface area contributed by atoms with E-state index in [0.717, 1.165) is 36.3 Å². The molecule has 0 radical (unpaired) electrons. The first-order valence-electron chi connectivity index (χ1n) is 7.67. The number of aryl methyl sites for hydroxylation is 1. The largest absolute Gasteiger partial charge is 0.491 e. The Morgan fingerprint density at radius 2 is 2.00 bits per heavy atom. The number of benzene rings is 1. The summed E-state index contributed by atoms with van der Waals surface area (Å²) in [5.74, 6) is 0.656. The summed E-state index contributed by atoms with van der Waals surface area (Å²) in [6.07, 6.45) is 3.18. The van der Waals surface area contributed by atoms with Crippen LogP contribution in [-0.2, 0) is 19.9 Å². The third-order valence-corrected chi connectivity index (χ3v) is 3.81. The van der Waals surface area contributed by atoms with Gasteiger partial charge in [0.1, 0.15) is 5.75 Å². The molecule has 0 saturated carbocycles. The van der Waals surface area contributed by atoms with Gasteiger partial charge in [0.25, 0.3) is 5.91 Å². The lowest BCUT2D eigenvalue weighted by atomic mass is 10.2. The molecule has 0 spiro atoms. The van der Waals surface area contributed by atoms with Crippen molar-refractivity contribution in [2.24, 2.45) is 7.05 Å². The zero-order valence-electron chi connectivity index (χ0n) is 13.2. The first-order chi connectivity index (χ1) is 10.5. The Labute approximate surface area is 130 Å². The molecule has 5 heteroatoms. The number of carbonyl (C=O) groups is 1. The molecule has 2 aromatic rings. The maximum absolute atomic E-state index is 12.4. The molecule has 1 aliphatic carbocycles. The molecule has 0 aliphatic heterocycles. The zero-order chi connectivity index (χ0) is 15.7. The van der Waals surface area contributed by atoms with E-state index in [1.807, 2.05) is 49.8 Å². The van der Waals surface area contributed by atoms with Crippen LogP contribution in [0.4, 0.5) is 5.69 Å². The van der Waals surface area contributed by atoms with Gasteiger partial charge >= 0.3 is 0 Å². The average Bonchev–Trinajstić information content (AvgIpc) is 3.05. The number of ether oxygens (including phenoxy) is 1. The molecule has 1 aliphatic rings. The molecule has 1 aromatic heterocycles. The number of anilines is 1. The number of nitrogens with one attached hydrogen (secondary N) is 1. The number of fused-ring (bicyclic) bond motifs is 1. The number of hydrogen-bond acceptors (Lipinski definition) is 3. The van der Waals surface area contributed by atoms with Gasteiger partial charge in [-0.25, -0.2) is 0 Å². The summed E-state index contributed by atoms with van der Waals surface area (Å²) in [6, 6.07) is 7.41. The van der Waals surface area contributed by atoms with Gasteiger partial charge in [-0.15, -0.1) is 0 Å². The minimum absolute atomic E-state index is 0.136. The zero-order valence-corrected chi connectivity index (χ0v) is 13.2. The minimum atomic E-state index is -0.142. The van der Waals surface area contributed by atoms with E-state index in [2.05, 4.69) is 10.4 Å². The fourth-order valence-electron chi connectivity index (χ4n) is 2.87. The average molecular weight is 299 g/mol. The number of rotatable bonds is 4. The van der Waals surface area contributed by atoms with Gasteiger partial charge in [0.2, 0.25) is 0 Å². The van der Waals surface area contributed by atoms with Crippen molar-refractivity contribution in [3.63, 3.8) is 0 Å². The number of nitrogens with zero attached hydrogens (tertiary/aromatic N) is 2. The van der Waals surface area contributed by atoms with Crippen molar-refractivity contribution in [1.29, 1.82) is 0 Å². The number of amides is 1. The van der Waals surface area contributed by atoms with Crippen LogP contribution in [0.15, 0.2) is 24.3 Å². The molecule has 1 aromatic carbocycles. The van der Waals surface area contributed by atoms with Gasteiger partial charge in [0.05, 0.1) is 6.10 Å². The van der Waals surface area contributed by atoms with Crippen LogP contribution in [0.2, 0.25) is 0 Å². The van der Waals surface area contributed by atoms with E-state index >= 15 is 0 Å². The van der Waals surface area contributed by atoms with Crippen LogP contribution in [-0.4, -0.2) is 21.8 Å². The number of hydrogen-bond donors (Lipinski definition) is 1. The van der Waals surface area contributed by atoms with Crippen molar-refractivity contribution in [3.05, 3.63) is 41.2 Å². The first kappa shape index (κ1) is 14.6. The summed E-state index contributed by atoms with van der Waals surface area (Å²) in [5.41, 5.74) is 3.58. The van der Waals surface area contributed by atoms with Crippen LogP contribution in [0.25, 0.3) is 0 Å². The Bertz CT molecular complexity index is 687. The molecule has 0 fully saturated rings. The van der Waals surface area contributed by atoms with Gasteiger partial charge in [0, 0.05) is 24.0 Å². The third kappa shape index (κ3) is 2.84. The van der Waals surface area contributed by atoms with Crippen molar-refractivity contribution in [1.82, 2.24) is 9.78 Å². The molecule has 3 rings (SSSR count). The van der Waals surface area contributed by atoms with Gasteiger partial charge in [-0.05, 0) is 57.4 Å². The summed E-state index contributed by atoms with van der Waals surface area (Å²) < 4.78 is 7.42. The lowest BCUT2D eigenvalue weighted by Crippen LogP contribution is -2.14. The maximum atomic E-state index is 12.4. The Morgan fingerprint density at radius 3 is 2.68 bits per heavy atom. The SMILES string of the molecule is CC(C)Oc1ccc(NC(=O)c2nn(C)c3c2CCC3)cc1. The molecular formula is C17H21N3O2. The fraction of sp³-hybridized carbons (Fsp3) is 0.412. The Kier molecular flexibility index (Phi) is 3.88. The monoisotopic (exact) mass is 299 g/mol. The van der Waals surface area contributed by atoms with Crippen molar-refractivity contribution < 1.29 is 9.53 Å². The summed E-state index contributed by atoms with van der Waals surface area (Å²) >= 11 is 0. The van der Waals surface area contributed by atoms with Crippen LogP contribution in [0.5, 0.6) is 5.75 Å². The maximum Gasteiger partial charge on any atom is 0.276 e. The summed E-state index contributed by atoms with van der Waals surface area (Å²) in [5, 5.41) is 7.28. The highest BCUT2D eigenvalue weighted by molar-refractivity contribution is 6.04. The fourth-order valence-corrected chi connectivity index (χ4v) is 2.87. The van der Waals surface area contributed by atoms with Crippen LogP contribution in [0.3, 0.4) is 0 Å². The molecule has 116 valence electrons. The van der Waals surface area contributed by atoms with Gasteiger partial charge in [-0.1, -0.05) is 0 Å². The van der Waals surface area contributed by atoms with Gasteiger partial charge < -0.3 is 10.1 Å². The summed E-state index contributed by atoms with van der Waals surface area (Å²) in [4.78, 5) is 12.4. The van der Waals surface area contributed by atoms with Gasteiger partial charge in [-0.3, -0.25) is 9.48 Å². The van der Waals surface area contributed by atoms with Crippen molar-refractivity contribution >= 4 is 11.6 Å². The highest BCUT2D eigenvalue weighted by atomic mass is 16.5. The van der Waals surface area contributed by atoms with Crippen molar-refractivity contribution in [2.45, 2.75) is 39.2 Å². The Balaban J connectivity index is 1.73. The summed E-state index contributed by atoms with van der Waals surface area (Å²) in [6.45, 7) is 3.97. The van der Waals surface area contributed by atoms with Crippen LogP contribution in [0, 0.1) is 0 Å². The van der Waals surface area contributed by atoms with E-state index < -0.39 is 0 Å². The molecule has 0 atom stereocenters. The molecular weight excluding hydrogens is 278 g/mol. The minimum Gasteiger partial charge on any atom is -0.491 e. The first-order valence-corrected chi connectivity index (χ1v) is 7.67. The molecule has 5 nitrogen and oxygen atoms in total. The lowest BCUT2D eigenvalue weighted by molar-refractivity contribution is 0.102. The van der Waals surface area contributed by atoms with Crippen LogP contribution in [0.1, 0.15) is 42.0 Å². The highest BCUT2D eigenvalue weighted by Crippen LogP contribution is 2.25. The molecule has 1 N–H and O–H groups in total. The second kappa shape index (κ2) is 5.83. The summed E-state index contributed by atoms with van der Waals surface area (Å²) in [7, 11) is 1.90. The molecule has 0 bridgehead atoms. The normalized spacial score (nSPS) is 13.3. The standard InChI is InChI=1S/C17H21N3O2/c1-11(2)22-13-9-7-12(8-10-13)18-17(21)16-14-5-4-6-15(14)20(3)19-16/h7-11H,4-6H2,1-3H3,(H,18,21). The van der Waals surface area contributed by atoms with E-state index in [1.165, 1.54) is 5.69 Å². The second-order valence-electron chi connectivity index (χ2n) is 5.90. The van der Waals surface area contributed by atoms with E-state index in [0.29, 0.717) is 5.69 Å². The quantitative estimate of drug-likeness (QED) is 0.944. The lowest BCUT2D eigenvalue weighted by Gasteiger charge is -2.10. The smallest absolute Gasteiger partial charge is 0.276 e. The molecule has 0 unspecified atom stereocenters. The van der Waals surface area contributed by atoms with E-state index in [9.17, 15) is 4.79 Å². The number of carbonyl (C=O) groups excluding carboxylic acids is 1. The Morgan fingerprint density at radius 1 is 1.27 bits per heavy atom. The van der Waals surface area contributed by atoms with E-state index in [1.54, 1.807) is 0 Å². The molecule has 1 amide bonds. The van der Waals surface area contributed by atoms with Gasteiger partial charge in [0.15, 0.2) is 5.69 Å². The molecule has 0 saturated heterocycles.